The molecule has 1 aliphatic heterocycles. The molecule has 4 rings (SSSR count). The summed E-state index contributed by atoms with van der Waals surface area (Å²) in [6.45, 7) is 0. The summed E-state index contributed by atoms with van der Waals surface area (Å²) in [4.78, 5) is 30.1. The van der Waals surface area contributed by atoms with Gasteiger partial charge in [-0.2, -0.15) is 0 Å². The van der Waals surface area contributed by atoms with Crippen LogP contribution in [0.1, 0.15) is 6.42 Å². The van der Waals surface area contributed by atoms with Crippen molar-refractivity contribution >= 4 is 17.5 Å². The molecule has 0 spiro atoms. The van der Waals surface area contributed by atoms with Crippen molar-refractivity contribution in [1.29, 1.82) is 0 Å². The molecule has 2 bridgehead atoms. The minimum atomic E-state index is -0.124. The van der Waals surface area contributed by atoms with E-state index in [4.69, 9.17) is 0 Å². The Morgan fingerprint density at radius 2 is 1.56 bits per heavy atom. The molecule has 2 aliphatic carbocycles. The van der Waals surface area contributed by atoms with Gasteiger partial charge in [-0.25, -0.2) is 4.90 Å². The van der Waals surface area contributed by atoms with E-state index in [0.717, 1.165) is 6.42 Å². The highest BCUT2D eigenvalue weighted by Crippen LogP contribution is 2.53. The van der Waals surface area contributed by atoms with E-state index in [1.165, 1.54) is 4.90 Å². The predicted octanol–water partition coefficient (Wildman–Crippen LogP) is 1.39. The molecule has 4 nitrogen and oxygen atoms in total. The second-order valence-electron chi connectivity index (χ2n) is 5.22. The van der Waals surface area contributed by atoms with Crippen molar-refractivity contribution in [2.24, 2.45) is 23.7 Å². The number of fused-ring (bicyclic) bond motifs is 5. The van der Waals surface area contributed by atoms with Crippen LogP contribution in [0.25, 0.3) is 0 Å². The summed E-state index contributed by atoms with van der Waals surface area (Å²) in [5.74, 6) is 0.217. The lowest BCUT2D eigenvalue weighted by Crippen LogP contribution is -2.32. The van der Waals surface area contributed by atoms with Gasteiger partial charge >= 0.3 is 0 Å². The molecular formula is C14H12N2O2. The van der Waals surface area contributed by atoms with Gasteiger partial charge < -0.3 is 0 Å². The Balaban J connectivity index is 1.77. The van der Waals surface area contributed by atoms with Crippen LogP contribution in [0.4, 0.5) is 5.69 Å². The molecule has 1 saturated carbocycles. The quantitative estimate of drug-likeness (QED) is 0.550. The number of amides is 2. The van der Waals surface area contributed by atoms with Crippen molar-refractivity contribution in [2.75, 3.05) is 4.90 Å². The number of carbonyl (C=O) groups excluding carboxylic acids is 2. The Morgan fingerprint density at radius 1 is 1.00 bits per heavy atom. The van der Waals surface area contributed by atoms with Crippen molar-refractivity contribution in [2.45, 2.75) is 6.42 Å². The molecule has 3 aliphatic rings. The van der Waals surface area contributed by atoms with Crippen LogP contribution in [0.15, 0.2) is 36.7 Å². The third-order valence-electron chi connectivity index (χ3n) is 4.39. The first-order valence-corrected chi connectivity index (χ1v) is 6.23. The number of anilines is 1. The van der Waals surface area contributed by atoms with Crippen LogP contribution < -0.4 is 4.90 Å². The zero-order valence-electron chi connectivity index (χ0n) is 9.69. The number of carbonyl (C=O) groups is 2. The van der Waals surface area contributed by atoms with E-state index in [1.807, 2.05) is 0 Å². The molecule has 4 heteroatoms. The fourth-order valence-electron chi connectivity index (χ4n) is 3.65. The highest BCUT2D eigenvalue weighted by atomic mass is 16.2. The first-order chi connectivity index (χ1) is 8.77. The van der Waals surface area contributed by atoms with E-state index in [2.05, 4.69) is 17.1 Å². The number of rotatable bonds is 1. The number of imide groups is 1. The van der Waals surface area contributed by atoms with Crippen LogP contribution >= 0.6 is 0 Å². The summed E-state index contributed by atoms with van der Waals surface area (Å²) < 4.78 is 0. The topological polar surface area (TPSA) is 50.3 Å². The average Bonchev–Trinajstić information content (AvgIpc) is 3.05. The Labute approximate surface area is 104 Å². The molecule has 1 aromatic heterocycles. The van der Waals surface area contributed by atoms with Gasteiger partial charge in [0.15, 0.2) is 0 Å². The van der Waals surface area contributed by atoms with Crippen LogP contribution in [-0.2, 0) is 9.59 Å². The van der Waals surface area contributed by atoms with Crippen LogP contribution in [-0.4, -0.2) is 16.8 Å². The smallest absolute Gasteiger partial charge is 0.238 e. The highest BCUT2D eigenvalue weighted by Gasteiger charge is 2.59. The van der Waals surface area contributed by atoms with Gasteiger partial charge in [-0.3, -0.25) is 14.6 Å². The maximum absolute atomic E-state index is 12.4. The zero-order valence-corrected chi connectivity index (χ0v) is 9.69. The number of allylic oxidation sites excluding steroid dienone is 2. The maximum atomic E-state index is 12.4. The standard InChI is InChI=1S/C14H12N2O2/c17-13-11-8-1-2-9(7-8)12(11)14(18)16(13)10-3-5-15-6-4-10/h1-6,8-9,11-12H,7H2/t8-,9+,11-,12-/m0/s1. The summed E-state index contributed by atoms with van der Waals surface area (Å²) in [6.07, 6.45) is 8.39. The maximum Gasteiger partial charge on any atom is 0.238 e. The Kier molecular flexibility index (Phi) is 1.82. The van der Waals surface area contributed by atoms with Gasteiger partial charge in [0.2, 0.25) is 11.8 Å². The molecule has 1 saturated heterocycles. The van der Waals surface area contributed by atoms with Gasteiger partial charge in [0.25, 0.3) is 0 Å². The van der Waals surface area contributed by atoms with Gasteiger partial charge in [0.05, 0.1) is 17.5 Å². The molecule has 4 atom stereocenters. The Bertz CT molecular complexity index is 536. The summed E-state index contributed by atoms with van der Waals surface area (Å²) in [6, 6.07) is 3.43. The summed E-state index contributed by atoms with van der Waals surface area (Å²) in [7, 11) is 0. The number of pyridine rings is 1. The largest absolute Gasteiger partial charge is 0.274 e. The van der Waals surface area contributed by atoms with Crippen molar-refractivity contribution in [3.8, 4) is 0 Å². The van der Waals surface area contributed by atoms with Crippen molar-refractivity contribution in [3.05, 3.63) is 36.7 Å². The van der Waals surface area contributed by atoms with E-state index in [9.17, 15) is 9.59 Å². The Hall–Kier alpha value is -1.97. The van der Waals surface area contributed by atoms with Crippen LogP contribution in [0, 0.1) is 23.7 Å². The molecule has 90 valence electrons. The van der Waals surface area contributed by atoms with Crippen molar-refractivity contribution < 1.29 is 9.59 Å². The van der Waals surface area contributed by atoms with Gasteiger partial charge in [0.1, 0.15) is 0 Å². The van der Waals surface area contributed by atoms with Gasteiger partial charge in [-0.15, -0.1) is 0 Å². The summed E-state index contributed by atoms with van der Waals surface area (Å²) in [5, 5.41) is 0. The van der Waals surface area contributed by atoms with Crippen molar-refractivity contribution in [1.82, 2.24) is 4.98 Å². The lowest BCUT2D eigenvalue weighted by Gasteiger charge is -2.16. The first-order valence-electron chi connectivity index (χ1n) is 6.23. The minimum absolute atomic E-state index is 0.0342. The average molecular weight is 240 g/mol. The Morgan fingerprint density at radius 3 is 2.11 bits per heavy atom. The zero-order chi connectivity index (χ0) is 12.3. The molecule has 0 aromatic carbocycles. The van der Waals surface area contributed by atoms with E-state index in [-0.39, 0.29) is 35.5 Å². The van der Waals surface area contributed by atoms with E-state index in [0.29, 0.717) is 5.69 Å². The van der Waals surface area contributed by atoms with Gasteiger partial charge in [0, 0.05) is 12.4 Å². The fourth-order valence-corrected chi connectivity index (χ4v) is 3.65. The van der Waals surface area contributed by atoms with E-state index in [1.54, 1.807) is 24.5 Å². The van der Waals surface area contributed by atoms with Gasteiger partial charge in [-0.05, 0) is 30.4 Å². The fraction of sp³-hybridized carbons (Fsp3) is 0.357. The van der Waals surface area contributed by atoms with Crippen molar-refractivity contribution in [3.63, 3.8) is 0 Å². The molecule has 2 amide bonds. The molecular weight excluding hydrogens is 228 g/mol. The van der Waals surface area contributed by atoms with Crippen LogP contribution in [0.5, 0.6) is 0 Å². The summed E-state index contributed by atoms with van der Waals surface area (Å²) >= 11 is 0. The monoisotopic (exact) mass is 240 g/mol. The van der Waals surface area contributed by atoms with E-state index >= 15 is 0 Å². The molecule has 0 radical (unpaired) electrons. The predicted molar refractivity (Wildman–Crippen MR) is 64.4 cm³/mol. The lowest BCUT2D eigenvalue weighted by atomic mass is 9.85. The first kappa shape index (κ1) is 10.00. The third-order valence-corrected chi connectivity index (χ3v) is 4.39. The SMILES string of the molecule is O=C1[C@@H]2[C@@H](C(=O)N1c1ccncc1)[C@H]1C=C[C@@H]2C1. The second kappa shape index (κ2) is 3.28. The minimum Gasteiger partial charge on any atom is -0.274 e. The lowest BCUT2D eigenvalue weighted by molar-refractivity contribution is -0.123. The molecule has 0 unspecified atom stereocenters. The van der Waals surface area contributed by atoms with Gasteiger partial charge in [-0.1, -0.05) is 12.2 Å². The van der Waals surface area contributed by atoms with Crippen LogP contribution in [0.2, 0.25) is 0 Å². The highest BCUT2D eigenvalue weighted by molar-refractivity contribution is 6.22. The second-order valence-corrected chi connectivity index (χ2v) is 5.22. The molecule has 0 N–H and O–H groups in total. The molecule has 18 heavy (non-hydrogen) atoms. The summed E-state index contributed by atoms with van der Waals surface area (Å²) in [5.41, 5.74) is 0.647. The number of nitrogens with zero attached hydrogens (tertiary/aromatic N) is 2. The normalized spacial score (nSPS) is 36.6. The third kappa shape index (κ3) is 1.08. The molecule has 2 fully saturated rings. The number of aromatic nitrogens is 1. The van der Waals surface area contributed by atoms with E-state index < -0.39 is 0 Å². The molecule has 1 aromatic rings. The number of hydrogen-bond acceptors (Lipinski definition) is 3. The van der Waals surface area contributed by atoms with Crippen LogP contribution in [0.3, 0.4) is 0 Å². The number of hydrogen-bond donors (Lipinski definition) is 0. The molecule has 2 heterocycles.